The molecule has 0 radical (unpaired) electrons. The normalized spacial score (nSPS) is 15.8. The number of amides is 2. The number of oxazole rings is 1. The molecule has 0 fully saturated rings. The third-order valence-electron chi connectivity index (χ3n) is 4.49. The zero-order valence-electron chi connectivity index (χ0n) is 14.4. The molecule has 3 heterocycles. The van der Waals surface area contributed by atoms with E-state index in [1.807, 2.05) is 29.0 Å². The van der Waals surface area contributed by atoms with Crippen LogP contribution in [-0.4, -0.2) is 40.7 Å². The van der Waals surface area contributed by atoms with E-state index in [0.717, 1.165) is 11.1 Å². The lowest BCUT2D eigenvalue weighted by Gasteiger charge is -2.23. The van der Waals surface area contributed by atoms with E-state index in [-0.39, 0.29) is 17.9 Å². The molecule has 132 valence electrons. The van der Waals surface area contributed by atoms with Crippen molar-refractivity contribution in [3.05, 3.63) is 75.6 Å². The standard InChI is InChI=1S/C19H17N3O3S/c1-21(2)18(23)12-3-4-15-14(7-12)9-22(17(15)16-8-20-11-25-16)19(24)13-5-6-26-10-13/h3-8,10-11,17H,9H2,1-2H3. The second-order valence-electron chi connectivity index (χ2n) is 6.36. The van der Waals surface area contributed by atoms with Crippen LogP contribution in [0.25, 0.3) is 0 Å². The van der Waals surface area contributed by atoms with E-state index in [4.69, 9.17) is 4.42 Å². The number of aromatic nitrogens is 1. The van der Waals surface area contributed by atoms with Crippen molar-refractivity contribution in [2.75, 3.05) is 14.1 Å². The molecular formula is C19H17N3O3S. The second kappa shape index (κ2) is 6.42. The number of thiophene rings is 1. The number of rotatable bonds is 3. The number of benzene rings is 1. The second-order valence-corrected chi connectivity index (χ2v) is 7.14. The Bertz CT molecular complexity index is 949. The highest BCUT2D eigenvalue weighted by atomic mass is 32.1. The van der Waals surface area contributed by atoms with Crippen LogP contribution in [-0.2, 0) is 6.54 Å². The van der Waals surface area contributed by atoms with Crippen LogP contribution in [0.3, 0.4) is 0 Å². The third-order valence-corrected chi connectivity index (χ3v) is 5.18. The van der Waals surface area contributed by atoms with Gasteiger partial charge in [-0.2, -0.15) is 11.3 Å². The Kier molecular flexibility index (Phi) is 4.08. The van der Waals surface area contributed by atoms with Crippen molar-refractivity contribution >= 4 is 23.2 Å². The molecule has 0 bridgehead atoms. The zero-order chi connectivity index (χ0) is 18.3. The van der Waals surface area contributed by atoms with Crippen molar-refractivity contribution < 1.29 is 14.0 Å². The molecule has 2 aromatic heterocycles. The summed E-state index contributed by atoms with van der Waals surface area (Å²) in [5.41, 5.74) is 3.16. The van der Waals surface area contributed by atoms with Gasteiger partial charge < -0.3 is 14.2 Å². The smallest absolute Gasteiger partial charge is 0.255 e. The van der Waals surface area contributed by atoms with Crippen LogP contribution in [0.5, 0.6) is 0 Å². The fourth-order valence-electron chi connectivity index (χ4n) is 3.25. The van der Waals surface area contributed by atoms with Crippen molar-refractivity contribution in [2.45, 2.75) is 12.6 Å². The quantitative estimate of drug-likeness (QED) is 0.713. The van der Waals surface area contributed by atoms with Gasteiger partial charge in [-0.1, -0.05) is 6.07 Å². The summed E-state index contributed by atoms with van der Waals surface area (Å²) in [5, 5.41) is 3.72. The molecule has 1 aliphatic heterocycles. The molecule has 2 amide bonds. The van der Waals surface area contributed by atoms with E-state index in [9.17, 15) is 9.59 Å². The first-order valence-electron chi connectivity index (χ1n) is 8.12. The first-order chi connectivity index (χ1) is 12.6. The predicted molar refractivity (Wildman–Crippen MR) is 97.0 cm³/mol. The molecule has 1 atom stereocenters. The SMILES string of the molecule is CN(C)C(=O)c1ccc2c(c1)CN(C(=O)c1ccsc1)C2c1cnco1. The summed E-state index contributed by atoms with van der Waals surface area (Å²) < 4.78 is 5.51. The van der Waals surface area contributed by atoms with Gasteiger partial charge in [-0.25, -0.2) is 4.98 Å². The van der Waals surface area contributed by atoms with Crippen molar-refractivity contribution in [1.29, 1.82) is 0 Å². The summed E-state index contributed by atoms with van der Waals surface area (Å²) in [6.45, 7) is 0.421. The average Bonchev–Trinajstić information content (AvgIpc) is 3.39. The maximum Gasteiger partial charge on any atom is 0.255 e. The molecule has 1 unspecified atom stereocenters. The van der Waals surface area contributed by atoms with Crippen LogP contribution in [0.2, 0.25) is 0 Å². The lowest BCUT2D eigenvalue weighted by Crippen LogP contribution is -2.29. The van der Waals surface area contributed by atoms with Gasteiger partial charge in [-0.3, -0.25) is 9.59 Å². The fourth-order valence-corrected chi connectivity index (χ4v) is 3.88. The third kappa shape index (κ3) is 2.70. The Labute approximate surface area is 154 Å². The van der Waals surface area contributed by atoms with Gasteiger partial charge in [0.1, 0.15) is 6.04 Å². The van der Waals surface area contributed by atoms with E-state index in [0.29, 0.717) is 23.4 Å². The summed E-state index contributed by atoms with van der Waals surface area (Å²) >= 11 is 1.49. The first-order valence-corrected chi connectivity index (χ1v) is 9.06. The van der Waals surface area contributed by atoms with Gasteiger partial charge in [0, 0.05) is 31.6 Å². The molecule has 1 aliphatic rings. The maximum absolute atomic E-state index is 13.0. The monoisotopic (exact) mass is 367 g/mol. The maximum atomic E-state index is 13.0. The van der Waals surface area contributed by atoms with E-state index in [1.165, 1.54) is 17.7 Å². The van der Waals surface area contributed by atoms with Gasteiger partial charge in [-0.05, 0) is 34.7 Å². The highest BCUT2D eigenvalue weighted by molar-refractivity contribution is 7.08. The van der Waals surface area contributed by atoms with Gasteiger partial charge in [0.25, 0.3) is 11.8 Å². The van der Waals surface area contributed by atoms with Crippen LogP contribution < -0.4 is 0 Å². The summed E-state index contributed by atoms with van der Waals surface area (Å²) in [6, 6.07) is 7.03. The molecule has 4 rings (SSSR count). The molecule has 0 N–H and O–H groups in total. The number of nitrogens with zero attached hydrogens (tertiary/aromatic N) is 3. The Balaban J connectivity index is 1.76. The molecule has 0 spiro atoms. The highest BCUT2D eigenvalue weighted by Gasteiger charge is 2.37. The molecule has 0 saturated heterocycles. The predicted octanol–water partition coefficient (Wildman–Crippen LogP) is 3.18. The minimum absolute atomic E-state index is 0.0633. The van der Waals surface area contributed by atoms with E-state index >= 15 is 0 Å². The number of fused-ring (bicyclic) bond motifs is 1. The summed E-state index contributed by atoms with van der Waals surface area (Å²) in [4.78, 5) is 32.6. The van der Waals surface area contributed by atoms with Crippen LogP contribution in [0.15, 0.2) is 52.0 Å². The Morgan fingerprint density at radius 2 is 2.12 bits per heavy atom. The lowest BCUT2D eigenvalue weighted by atomic mass is 10.00. The first kappa shape index (κ1) is 16.5. The average molecular weight is 367 g/mol. The van der Waals surface area contributed by atoms with Crippen LogP contribution >= 0.6 is 11.3 Å². The molecule has 6 nitrogen and oxygen atoms in total. The van der Waals surface area contributed by atoms with Gasteiger partial charge in [-0.15, -0.1) is 0 Å². The largest absolute Gasteiger partial charge is 0.446 e. The van der Waals surface area contributed by atoms with E-state index < -0.39 is 0 Å². The van der Waals surface area contributed by atoms with Gasteiger partial charge >= 0.3 is 0 Å². The Hall–Kier alpha value is -2.93. The number of carbonyl (C=O) groups excluding carboxylic acids is 2. The van der Waals surface area contributed by atoms with Crippen LogP contribution in [0, 0.1) is 0 Å². The van der Waals surface area contributed by atoms with Crippen molar-refractivity contribution in [1.82, 2.24) is 14.8 Å². The highest BCUT2D eigenvalue weighted by Crippen LogP contribution is 2.40. The molecule has 1 aromatic carbocycles. The van der Waals surface area contributed by atoms with Gasteiger partial charge in [0.15, 0.2) is 12.2 Å². The fraction of sp³-hybridized carbons (Fsp3) is 0.211. The summed E-state index contributed by atoms with van der Waals surface area (Å²) in [7, 11) is 3.44. The zero-order valence-corrected chi connectivity index (χ0v) is 15.2. The van der Waals surface area contributed by atoms with Gasteiger partial charge in [0.05, 0.1) is 11.8 Å². The van der Waals surface area contributed by atoms with Gasteiger partial charge in [0.2, 0.25) is 0 Å². The topological polar surface area (TPSA) is 66.7 Å². The molecule has 26 heavy (non-hydrogen) atoms. The minimum atomic E-state index is -0.344. The molecule has 0 saturated carbocycles. The van der Waals surface area contributed by atoms with Crippen LogP contribution in [0.1, 0.15) is 43.6 Å². The summed E-state index contributed by atoms with van der Waals surface area (Å²) in [5.74, 6) is 0.481. The molecule has 3 aromatic rings. The minimum Gasteiger partial charge on any atom is -0.446 e. The molecule has 7 heteroatoms. The van der Waals surface area contributed by atoms with Crippen molar-refractivity contribution in [3.63, 3.8) is 0 Å². The Morgan fingerprint density at radius 3 is 2.77 bits per heavy atom. The summed E-state index contributed by atoms with van der Waals surface area (Å²) in [6.07, 6.45) is 3.00. The Morgan fingerprint density at radius 1 is 1.27 bits per heavy atom. The number of carbonyl (C=O) groups is 2. The van der Waals surface area contributed by atoms with Crippen molar-refractivity contribution in [3.8, 4) is 0 Å². The molecular weight excluding hydrogens is 350 g/mol. The number of hydrogen-bond donors (Lipinski definition) is 0. The number of hydrogen-bond acceptors (Lipinski definition) is 5. The van der Waals surface area contributed by atoms with E-state index in [1.54, 1.807) is 36.2 Å². The van der Waals surface area contributed by atoms with E-state index in [2.05, 4.69) is 4.98 Å². The van der Waals surface area contributed by atoms with Crippen molar-refractivity contribution in [2.24, 2.45) is 0 Å². The lowest BCUT2D eigenvalue weighted by molar-refractivity contribution is 0.0704. The van der Waals surface area contributed by atoms with Crippen LogP contribution in [0.4, 0.5) is 0 Å². The molecule has 0 aliphatic carbocycles.